The van der Waals surface area contributed by atoms with Gasteiger partial charge in [-0.3, -0.25) is 4.57 Å². The summed E-state index contributed by atoms with van der Waals surface area (Å²) in [4.78, 5) is 23.1. The first-order valence-corrected chi connectivity index (χ1v) is 39.2. The maximum Gasteiger partial charge on any atom is 0.370 e. The van der Waals surface area contributed by atoms with Crippen LogP contribution in [0.1, 0.15) is 203 Å². The molecule has 0 aliphatic carbocycles. The Kier molecular flexibility index (Phi) is 28.6. The van der Waals surface area contributed by atoms with E-state index in [-0.39, 0.29) is 29.7 Å². The summed E-state index contributed by atoms with van der Waals surface area (Å²) in [7, 11) is 10.3. The van der Waals surface area contributed by atoms with Crippen LogP contribution >= 0.6 is 0 Å². The van der Waals surface area contributed by atoms with Crippen molar-refractivity contribution < 1.29 is 40.5 Å². The van der Waals surface area contributed by atoms with E-state index in [1.54, 1.807) is 0 Å². The predicted molar refractivity (Wildman–Crippen MR) is 480 cm³/mol. The second-order valence-corrected chi connectivity index (χ2v) is 31.5. The molecule has 0 atom stereocenters. The number of benzene rings is 6. The van der Waals surface area contributed by atoms with Gasteiger partial charge in [-0.05, 0) is 262 Å². The minimum Gasteiger partial charge on any atom is -0.417 e. The standard InChI is InChI=1S/C28H34N3.C19H23N2O.2C17H19N2O.C16H17N2O.4CH4/c1-8-25-29-26-24(16-17-30(7)28(26)23-13-10-9-12-20(23)6)31(25)27-21(18(2)3)14-11-15-22(27)19(4)5;1-11(2)19-20-18-17(22-19)8-7-16(21(18)6)15-10-12(3)9-13(4)14(15)5;2*1-10-8-11(2)12(3)14(9-10)15-6-7-16-17(19(15)5)18-13(4)20-16;1-10-7-11(2)12(3)13(8-10)14-5-6-15-16(18(14)4)17-9-19-15;;;;/h9-19H,8H2,1-7H3;7-11H,1-6H3;2*6-9H,1-5H3;5-9H,1-4H3;4*1H4/q5*+1;;;;. The Labute approximate surface area is 690 Å². The number of para-hydroxylation sites is 1. The minimum atomic E-state index is 0. The highest BCUT2D eigenvalue weighted by Gasteiger charge is 2.29. The molecule has 116 heavy (non-hydrogen) atoms. The third-order valence-electron chi connectivity index (χ3n) is 22.1. The number of imidazole rings is 1. The van der Waals surface area contributed by atoms with E-state index in [2.05, 4.69) is 327 Å². The van der Waals surface area contributed by atoms with Crippen LogP contribution in [-0.2, 0) is 41.7 Å². The molecule has 10 aromatic heterocycles. The van der Waals surface area contributed by atoms with Crippen LogP contribution in [0.2, 0.25) is 0 Å². The first kappa shape index (κ1) is 90.0. The molecule has 16 rings (SSSR count). The Hall–Kier alpha value is -11.6. The molecule has 10 heterocycles. The molecule has 0 radical (unpaired) electrons. The van der Waals surface area contributed by atoms with Crippen molar-refractivity contribution in [3.05, 3.63) is 265 Å². The molecule has 0 bridgehead atoms. The van der Waals surface area contributed by atoms with Gasteiger partial charge in [0.15, 0.2) is 11.7 Å². The molecular formula is C101H128N11O4+5. The lowest BCUT2D eigenvalue weighted by atomic mass is 9.92. The van der Waals surface area contributed by atoms with E-state index in [9.17, 15) is 0 Å². The normalized spacial score (nSPS) is 11.1. The number of aryl methyl sites for hydroxylation is 17. The number of aromatic nitrogens is 11. The largest absolute Gasteiger partial charge is 0.417 e. The van der Waals surface area contributed by atoms with Crippen molar-refractivity contribution in [2.45, 2.75) is 206 Å². The van der Waals surface area contributed by atoms with Gasteiger partial charge < -0.3 is 17.7 Å². The Balaban J connectivity index is 0.000000182. The molecule has 15 heteroatoms. The van der Waals surface area contributed by atoms with Crippen LogP contribution in [0.25, 0.3) is 118 Å². The summed E-state index contributed by atoms with van der Waals surface area (Å²) in [6, 6.07) is 51.8. The number of oxazole rings is 4. The molecule has 606 valence electrons. The zero-order chi connectivity index (χ0) is 80.7. The summed E-state index contributed by atoms with van der Waals surface area (Å²) in [5.41, 5.74) is 42.2. The average molecular weight is 1560 g/mol. The summed E-state index contributed by atoms with van der Waals surface area (Å²) in [6.45, 7) is 47.3. The van der Waals surface area contributed by atoms with Crippen molar-refractivity contribution in [2.24, 2.45) is 35.2 Å². The molecule has 0 saturated heterocycles. The lowest BCUT2D eigenvalue weighted by Gasteiger charge is -2.22. The monoisotopic (exact) mass is 1560 g/mol. The molecule has 15 nitrogen and oxygen atoms in total. The second-order valence-electron chi connectivity index (χ2n) is 31.5. The van der Waals surface area contributed by atoms with E-state index in [0.29, 0.717) is 29.5 Å². The van der Waals surface area contributed by atoms with Crippen molar-refractivity contribution in [2.75, 3.05) is 0 Å². The average Bonchev–Trinajstić information content (AvgIpc) is 1.58. The van der Waals surface area contributed by atoms with Crippen LogP contribution in [0.5, 0.6) is 0 Å². The van der Waals surface area contributed by atoms with Crippen LogP contribution in [0.15, 0.2) is 176 Å². The molecule has 0 unspecified atom stereocenters. The lowest BCUT2D eigenvalue weighted by molar-refractivity contribution is -0.659. The molecule has 0 aliphatic heterocycles. The highest BCUT2D eigenvalue weighted by Crippen LogP contribution is 2.38. The summed E-state index contributed by atoms with van der Waals surface area (Å²) in [6.07, 6.45) is 4.55. The number of hydrogen-bond acceptors (Lipinski definition) is 9. The van der Waals surface area contributed by atoms with E-state index in [1.807, 2.05) is 59.3 Å². The van der Waals surface area contributed by atoms with E-state index in [1.165, 1.54) is 140 Å². The Morgan fingerprint density at radius 1 is 0.371 bits per heavy atom. The lowest BCUT2D eigenvalue weighted by Crippen LogP contribution is -2.32. The SMILES string of the molecule is C.C.C.C.CCc1nc2c(-c3ccccc3C)[n+](C)ccc2n1-c1c(C(C)C)cccc1C(C)C.Cc1cc(C)c(C)c(-c2ccc3oc(C(C)C)nc3[n+]2C)c1.Cc1cc(C)c(C)c(-c2ccc3oc(C)nc3[n+]2C)c1.Cc1cc(C)c(C)c(-c2ccc3oc(C)nc3[n+]2C)c1.Cc1cc(C)c(C)c(-c2ccc3ocnc3[n+]2C)c1. The number of rotatable bonds is 10. The third-order valence-corrected chi connectivity index (χ3v) is 22.1. The molecular weight excluding hydrogens is 1430 g/mol. The van der Waals surface area contributed by atoms with Crippen molar-refractivity contribution in [1.29, 1.82) is 0 Å². The van der Waals surface area contributed by atoms with Crippen molar-refractivity contribution in [1.82, 2.24) is 29.5 Å². The molecule has 0 aliphatic rings. The number of nitrogens with zero attached hydrogens (tertiary/aromatic N) is 11. The first-order valence-electron chi connectivity index (χ1n) is 39.2. The summed E-state index contributed by atoms with van der Waals surface area (Å²) in [5.74, 6) is 4.47. The van der Waals surface area contributed by atoms with Gasteiger partial charge in [-0.1, -0.05) is 161 Å². The van der Waals surface area contributed by atoms with Gasteiger partial charge in [0.25, 0.3) is 6.39 Å². The molecule has 16 aromatic rings. The molecule has 0 amide bonds. The molecule has 0 N–H and O–H groups in total. The Morgan fingerprint density at radius 3 is 1.14 bits per heavy atom. The topological polar surface area (TPSA) is 141 Å². The summed E-state index contributed by atoms with van der Waals surface area (Å²) >= 11 is 0. The van der Waals surface area contributed by atoms with E-state index in [0.717, 1.165) is 85.7 Å². The highest BCUT2D eigenvalue weighted by atomic mass is 16.4. The Morgan fingerprint density at radius 2 is 0.750 bits per heavy atom. The number of fused-ring (bicyclic) bond motifs is 5. The molecule has 0 saturated carbocycles. The quantitative estimate of drug-likeness (QED) is 0.122. The minimum absolute atomic E-state index is 0. The van der Waals surface area contributed by atoms with Gasteiger partial charge in [0.1, 0.15) is 35.6 Å². The van der Waals surface area contributed by atoms with Crippen molar-refractivity contribution in [3.63, 3.8) is 0 Å². The van der Waals surface area contributed by atoms with Gasteiger partial charge in [0.2, 0.25) is 28.0 Å². The Bertz CT molecular complexity index is 6080. The van der Waals surface area contributed by atoms with Crippen molar-refractivity contribution in [3.8, 4) is 62.0 Å². The van der Waals surface area contributed by atoms with Gasteiger partial charge >= 0.3 is 40.3 Å². The molecule has 0 spiro atoms. The van der Waals surface area contributed by atoms with Gasteiger partial charge in [-0.2, -0.15) is 4.57 Å². The van der Waals surface area contributed by atoms with Crippen LogP contribution in [0, 0.1) is 104 Å². The number of pyridine rings is 5. The van der Waals surface area contributed by atoms with Crippen LogP contribution in [0.4, 0.5) is 0 Å². The van der Waals surface area contributed by atoms with Gasteiger partial charge in [0, 0.05) is 48.6 Å². The summed E-state index contributed by atoms with van der Waals surface area (Å²) < 4.78 is 35.4. The van der Waals surface area contributed by atoms with Gasteiger partial charge in [0.05, 0.1) is 50.9 Å². The third kappa shape index (κ3) is 17.9. The van der Waals surface area contributed by atoms with Gasteiger partial charge in [-0.15, -0.1) is 0 Å². The van der Waals surface area contributed by atoms with E-state index in [4.69, 9.17) is 22.7 Å². The highest BCUT2D eigenvalue weighted by molar-refractivity contribution is 5.91. The van der Waals surface area contributed by atoms with Crippen LogP contribution < -0.4 is 22.8 Å². The second kappa shape index (κ2) is 36.9. The fraction of sp³-hybridized carbons (Fsp3) is 0.347. The summed E-state index contributed by atoms with van der Waals surface area (Å²) in [5, 5.41) is 0. The van der Waals surface area contributed by atoms with Crippen LogP contribution in [0.3, 0.4) is 0 Å². The predicted octanol–water partition coefficient (Wildman–Crippen LogP) is 23.9. The van der Waals surface area contributed by atoms with Gasteiger partial charge in [-0.25, -0.2) is 23.3 Å². The molecule has 6 aromatic carbocycles. The van der Waals surface area contributed by atoms with E-state index < -0.39 is 0 Å². The fourth-order valence-corrected chi connectivity index (χ4v) is 15.6. The van der Waals surface area contributed by atoms with Crippen LogP contribution in [-0.4, -0.2) is 29.5 Å². The smallest absolute Gasteiger partial charge is 0.370 e. The molecule has 0 fully saturated rings. The first-order chi connectivity index (χ1) is 53.2. The maximum absolute atomic E-state index is 5.85. The van der Waals surface area contributed by atoms with Crippen molar-refractivity contribution >= 4 is 56.0 Å². The zero-order valence-corrected chi connectivity index (χ0v) is 71.0. The number of hydrogen-bond donors (Lipinski definition) is 0. The maximum atomic E-state index is 5.85. The fourth-order valence-electron chi connectivity index (χ4n) is 15.6. The zero-order valence-electron chi connectivity index (χ0n) is 71.0. The van der Waals surface area contributed by atoms with E-state index >= 15 is 0 Å².